The highest BCUT2D eigenvalue weighted by Gasteiger charge is 2.16. The number of rotatable bonds is 8. The summed E-state index contributed by atoms with van der Waals surface area (Å²) in [7, 11) is -4.09. The Hall–Kier alpha value is -3.23. The van der Waals surface area contributed by atoms with E-state index >= 15 is 0 Å². The van der Waals surface area contributed by atoms with Gasteiger partial charge < -0.3 is 4.74 Å². The quantitative estimate of drug-likeness (QED) is 0.555. The maximum Gasteiger partial charge on any atom is 0.272 e. The summed E-state index contributed by atoms with van der Waals surface area (Å²) in [6.45, 7) is -0.391. The van der Waals surface area contributed by atoms with Crippen molar-refractivity contribution in [3.8, 4) is 5.75 Å². The monoisotopic (exact) mass is 414 g/mol. The number of nitrogens with one attached hydrogen (secondary N) is 2. The zero-order valence-electron chi connectivity index (χ0n) is 15.3. The molecule has 0 atom stereocenters. The van der Waals surface area contributed by atoms with Crippen LogP contribution in [0.3, 0.4) is 0 Å². The van der Waals surface area contributed by atoms with Crippen LogP contribution >= 0.6 is 0 Å². The molecular formula is C21H19FN2O4S. The SMILES string of the molecule is O=C(COc1ccccc1Cc1ccccc1)NNS(=O)(=O)c1cccc(F)c1. The van der Waals surface area contributed by atoms with Crippen LogP contribution in [-0.2, 0) is 21.2 Å². The van der Waals surface area contributed by atoms with Crippen LogP contribution < -0.4 is 15.0 Å². The second kappa shape index (κ2) is 9.31. The molecule has 3 rings (SSSR count). The molecule has 0 aromatic heterocycles. The number of carbonyl (C=O) groups excluding carboxylic acids is 1. The van der Waals surface area contributed by atoms with Crippen molar-refractivity contribution in [3.05, 3.63) is 95.8 Å². The molecule has 0 unspecified atom stereocenters. The van der Waals surface area contributed by atoms with Gasteiger partial charge in [-0.15, -0.1) is 4.83 Å². The Morgan fingerprint density at radius 2 is 1.66 bits per heavy atom. The molecule has 1 amide bonds. The average Bonchev–Trinajstić information content (AvgIpc) is 2.72. The number of hydrogen-bond acceptors (Lipinski definition) is 4. The van der Waals surface area contributed by atoms with Crippen LogP contribution in [0.4, 0.5) is 4.39 Å². The molecule has 0 saturated heterocycles. The van der Waals surface area contributed by atoms with Crippen LogP contribution in [0.25, 0.3) is 0 Å². The molecule has 150 valence electrons. The number of hydrazine groups is 1. The van der Waals surface area contributed by atoms with Crippen LogP contribution in [0.5, 0.6) is 5.75 Å². The van der Waals surface area contributed by atoms with E-state index in [0.29, 0.717) is 12.2 Å². The maximum atomic E-state index is 13.2. The number of carbonyl (C=O) groups is 1. The van der Waals surface area contributed by atoms with E-state index in [9.17, 15) is 17.6 Å². The summed E-state index contributed by atoms with van der Waals surface area (Å²) < 4.78 is 42.9. The third-order valence-electron chi connectivity index (χ3n) is 4.00. The predicted molar refractivity (Wildman–Crippen MR) is 106 cm³/mol. The summed E-state index contributed by atoms with van der Waals surface area (Å²) >= 11 is 0. The van der Waals surface area contributed by atoms with Crippen LogP contribution in [0.1, 0.15) is 11.1 Å². The Kier molecular flexibility index (Phi) is 6.58. The molecule has 0 aliphatic carbocycles. The van der Waals surface area contributed by atoms with Gasteiger partial charge in [0.25, 0.3) is 15.9 Å². The largest absolute Gasteiger partial charge is 0.483 e. The third kappa shape index (κ3) is 5.87. The number of amides is 1. The minimum atomic E-state index is -4.09. The molecule has 0 saturated carbocycles. The van der Waals surface area contributed by atoms with E-state index in [0.717, 1.165) is 23.3 Å². The topological polar surface area (TPSA) is 84.5 Å². The molecule has 29 heavy (non-hydrogen) atoms. The molecule has 6 nitrogen and oxygen atoms in total. The van der Waals surface area contributed by atoms with Crippen LogP contribution in [0.15, 0.2) is 83.8 Å². The van der Waals surface area contributed by atoms with Crippen molar-refractivity contribution in [2.24, 2.45) is 0 Å². The highest BCUT2D eigenvalue weighted by molar-refractivity contribution is 7.89. The number of halogens is 1. The minimum Gasteiger partial charge on any atom is -0.483 e. The summed E-state index contributed by atoms with van der Waals surface area (Å²) in [5.74, 6) is -0.864. The summed E-state index contributed by atoms with van der Waals surface area (Å²) in [6, 6.07) is 21.5. The maximum absolute atomic E-state index is 13.2. The van der Waals surface area contributed by atoms with E-state index in [-0.39, 0.29) is 4.90 Å². The highest BCUT2D eigenvalue weighted by Crippen LogP contribution is 2.21. The molecular weight excluding hydrogens is 395 g/mol. The van der Waals surface area contributed by atoms with Gasteiger partial charge in [0.1, 0.15) is 11.6 Å². The predicted octanol–water partition coefficient (Wildman–Crippen LogP) is 2.81. The summed E-state index contributed by atoms with van der Waals surface area (Å²) in [5, 5.41) is 0. The summed E-state index contributed by atoms with van der Waals surface area (Å²) in [4.78, 5) is 13.6. The van der Waals surface area contributed by atoms with E-state index in [1.807, 2.05) is 47.3 Å². The number of benzene rings is 3. The molecule has 0 spiro atoms. The summed E-state index contributed by atoms with van der Waals surface area (Å²) in [6.07, 6.45) is 0.630. The smallest absolute Gasteiger partial charge is 0.272 e. The Labute approximate surface area is 168 Å². The van der Waals surface area contributed by atoms with E-state index in [2.05, 4.69) is 5.43 Å². The number of sulfonamides is 1. The van der Waals surface area contributed by atoms with Crippen LogP contribution in [0.2, 0.25) is 0 Å². The Bertz CT molecular complexity index is 1090. The molecule has 8 heteroatoms. The van der Waals surface area contributed by atoms with Gasteiger partial charge in [0.2, 0.25) is 0 Å². The first-order valence-electron chi connectivity index (χ1n) is 8.75. The van der Waals surface area contributed by atoms with Gasteiger partial charge in [-0.1, -0.05) is 54.6 Å². The fraction of sp³-hybridized carbons (Fsp3) is 0.0952. The first kappa shape index (κ1) is 20.5. The van der Waals surface area contributed by atoms with E-state index in [1.165, 1.54) is 12.1 Å². The lowest BCUT2D eigenvalue weighted by Gasteiger charge is -2.12. The lowest BCUT2D eigenvalue weighted by atomic mass is 10.0. The second-order valence-corrected chi connectivity index (χ2v) is 7.85. The standard InChI is InChI=1S/C21H19FN2O4S/c22-18-10-6-11-19(14-18)29(26,27)24-23-21(25)15-28-20-12-5-4-9-17(20)13-16-7-2-1-3-8-16/h1-12,14,24H,13,15H2,(H,23,25). The van der Waals surface area contributed by atoms with Crippen molar-refractivity contribution < 1.29 is 22.3 Å². The highest BCUT2D eigenvalue weighted by atomic mass is 32.2. The fourth-order valence-corrected chi connectivity index (χ4v) is 3.49. The molecule has 0 aliphatic rings. The molecule has 0 radical (unpaired) electrons. The van der Waals surface area contributed by atoms with Gasteiger partial charge in [-0.3, -0.25) is 10.2 Å². The fourth-order valence-electron chi connectivity index (χ4n) is 2.60. The number of hydrogen-bond donors (Lipinski definition) is 2. The van der Waals surface area contributed by atoms with Crippen LogP contribution in [-0.4, -0.2) is 20.9 Å². The lowest BCUT2D eigenvalue weighted by Crippen LogP contribution is -2.43. The molecule has 3 aromatic rings. The number of ether oxygens (including phenoxy) is 1. The second-order valence-electron chi connectivity index (χ2n) is 6.17. The molecule has 0 fully saturated rings. The van der Waals surface area contributed by atoms with Gasteiger partial charge in [0.05, 0.1) is 4.90 Å². The van der Waals surface area contributed by atoms with E-state index in [1.54, 1.807) is 12.1 Å². The third-order valence-corrected chi connectivity index (χ3v) is 5.25. The first-order valence-corrected chi connectivity index (χ1v) is 10.2. The zero-order valence-corrected chi connectivity index (χ0v) is 16.2. The molecule has 3 aromatic carbocycles. The zero-order chi connectivity index (χ0) is 20.7. The first-order chi connectivity index (χ1) is 13.9. The Morgan fingerprint density at radius 3 is 2.41 bits per heavy atom. The summed E-state index contributed by atoms with van der Waals surface area (Å²) in [5.41, 5.74) is 4.04. The molecule has 0 bridgehead atoms. The van der Waals surface area contributed by atoms with Gasteiger partial charge in [-0.25, -0.2) is 12.8 Å². The molecule has 2 N–H and O–H groups in total. The van der Waals surface area contributed by atoms with Crippen molar-refractivity contribution in [1.82, 2.24) is 10.3 Å². The van der Waals surface area contributed by atoms with Crippen molar-refractivity contribution in [1.29, 1.82) is 0 Å². The van der Waals surface area contributed by atoms with Gasteiger partial charge in [-0.05, 0) is 35.4 Å². The van der Waals surface area contributed by atoms with Crippen molar-refractivity contribution in [2.75, 3.05) is 6.61 Å². The van der Waals surface area contributed by atoms with E-state index < -0.39 is 28.4 Å². The van der Waals surface area contributed by atoms with Crippen LogP contribution in [0, 0.1) is 5.82 Å². The van der Waals surface area contributed by atoms with Gasteiger partial charge in [0.15, 0.2) is 6.61 Å². The van der Waals surface area contributed by atoms with Gasteiger partial charge >= 0.3 is 0 Å². The Morgan fingerprint density at radius 1 is 0.931 bits per heavy atom. The lowest BCUT2D eigenvalue weighted by molar-refractivity contribution is -0.123. The Balaban J connectivity index is 1.57. The molecule has 0 aliphatic heterocycles. The van der Waals surface area contributed by atoms with Crippen molar-refractivity contribution >= 4 is 15.9 Å². The van der Waals surface area contributed by atoms with Gasteiger partial charge in [0, 0.05) is 6.42 Å². The number of para-hydroxylation sites is 1. The normalized spacial score (nSPS) is 11.1. The minimum absolute atomic E-state index is 0.299. The van der Waals surface area contributed by atoms with Gasteiger partial charge in [-0.2, -0.15) is 0 Å². The average molecular weight is 414 g/mol. The van der Waals surface area contributed by atoms with E-state index in [4.69, 9.17) is 4.74 Å². The molecule has 0 heterocycles. The van der Waals surface area contributed by atoms with Crippen molar-refractivity contribution in [3.63, 3.8) is 0 Å². The van der Waals surface area contributed by atoms with Crippen molar-refractivity contribution in [2.45, 2.75) is 11.3 Å².